The standard InChI is InChI=1S/C17H18N2O3/c1-21-15-10-6-9-14(17(15)22-2)12-18-19-16(20)11-13-7-4-3-5-8-13/h3-10,12H,11H2,1-2H3,(H,19,20). The Kier molecular flexibility index (Phi) is 5.54. The Bertz CT molecular complexity index is 654. The number of hydrogen-bond acceptors (Lipinski definition) is 4. The minimum atomic E-state index is -0.177. The lowest BCUT2D eigenvalue weighted by Gasteiger charge is -2.09. The SMILES string of the molecule is COc1cccc(C=NNC(=O)Cc2ccccc2)c1OC. The fourth-order valence-electron chi connectivity index (χ4n) is 2.01. The van der Waals surface area contributed by atoms with Gasteiger partial charge in [0.05, 0.1) is 26.9 Å². The predicted molar refractivity (Wildman–Crippen MR) is 85.4 cm³/mol. The summed E-state index contributed by atoms with van der Waals surface area (Å²) in [5, 5.41) is 3.96. The first-order valence-corrected chi connectivity index (χ1v) is 6.81. The Balaban J connectivity index is 1.99. The van der Waals surface area contributed by atoms with E-state index in [1.807, 2.05) is 42.5 Å². The van der Waals surface area contributed by atoms with Crippen LogP contribution in [0.1, 0.15) is 11.1 Å². The molecule has 0 spiro atoms. The normalized spacial score (nSPS) is 10.5. The molecule has 2 rings (SSSR count). The van der Waals surface area contributed by atoms with Crippen molar-refractivity contribution < 1.29 is 14.3 Å². The first-order chi connectivity index (χ1) is 10.7. The minimum absolute atomic E-state index is 0.177. The summed E-state index contributed by atoms with van der Waals surface area (Å²) in [5.41, 5.74) is 4.17. The van der Waals surface area contributed by atoms with Crippen molar-refractivity contribution in [3.05, 3.63) is 59.7 Å². The predicted octanol–water partition coefficient (Wildman–Crippen LogP) is 2.40. The van der Waals surface area contributed by atoms with Gasteiger partial charge in [0.2, 0.25) is 5.91 Å². The number of methoxy groups -OCH3 is 2. The zero-order valence-corrected chi connectivity index (χ0v) is 12.6. The van der Waals surface area contributed by atoms with Crippen molar-refractivity contribution in [2.75, 3.05) is 14.2 Å². The Morgan fingerprint density at radius 2 is 1.86 bits per heavy atom. The van der Waals surface area contributed by atoms with Crippen LogP contribution in [0.15, 0.2) is 53.6 Å². The summed E-state index contributed by atoms with van der Waals surface area (Å²) < 4.78 is 10.5. The molecular weight excluding hydrogens is 280 g/mol. The van der Waals surface area contributed by atoms with E-state index < -0.39 is 0 Å². The summed E-state index contributed by atoms with van der Waals surface area (Å²) >= 11 is 0. The molecule has 0 radical (unpaired) electrons. The van der Waals surface area contributed by atoms with Crippen LogP contribution in [0, 0.1) is 0 Å². The average molecular weight is 298 g/mol. The van der Waals surface area contributed by atoms with E-state index in [0.29, 0.717) is 11.5 Å². The van der Waals surface area contributed by atoms with E-state index in [1.54, 1.807) is 20.3 Å². The second kappa shape index (κ2) is 7.83. The van der Waals surface area contributed by atoms with Gasteiger partial charge in [-0.2, -0.15) is 5.10 Å². The van der Waals surface area contributed by atoms with Crippen LogP contribution in [-0.2, 0) is 11.2 Å². The number of amides is 1. The molecule has 0 aromatic heterocycles. The van der Waals surface area contributed by atoms with Gasteiger partial charge in [-0.05, 0) is 17.7 Å². The molecule has 0 aliphatic carbocycles. The van der Waals surface area contributed by atoms with Crippen molar-refractivity contribution in [2.45, 2.75) is 6.42 Å². The first-order valence-electron chi connectivity index (χ1n) is 6.81. The molecule has 114 valence electrons. The smallest absolute Gasteiger partial charge is 0.244 e. The van der Waals surface area contributed by atoms with Crippen LogP contribution in [0.25, 0.3) is 0 Å². The fraction of sp³-hybridized carbons (Fsp3) is 0.176. The van der Waals surface area contributed by atoms with Crippen molar-refractivity contribution in [1.29, 1.82) is 0 Å². The molecule has 0 heterocycles. The molecule has 0 aliphatic rings. The highest BCUT2D eigenvalue weighted by Crippen LogP contribution is 2.29. The molecule has 0 saturated heterocycles. The molecule has 22 heavy (non-hydrogen) atoms. The number of nitrogens with zero attached hydrogens (tertiary/aromatic N) is 1. The largest absolute Gasteiger partial charge is 0.493 e. The van der Waals surface area contributed by atoms with Crippen LogP contribution in [0.4, 0.5) is 0 Å². The number of carbonyl (C=O) groups excluding carboxylic acids is 1. The summed E-state index contributed by atoms with van der Waals surface area (Å²) in [6, 6.07) is 14.9. The van der Waals surface area contributed by atoms with Gasteiger partial charge in [-0.3, -0.25) is 4.79 Å². The first kappa shape index (κ1) is 15.6. The van der Waals surface area contributed by atoms with Gasteiger partial charge in [0.15, 0.2) is 11.5 Å². The van der Waals surface area contributed by atoms with Gasteiger partial charge in [0.1, 0.15) is 0 Å². The fourth-order valence-corrected chi connectivity index (χ4v) is 2.01. The molecule has 0 saturated carbocycles. The van der Waals surface area contributed by atoms with E-state index in [0.717, 1.165) is 11.1 Å². The molecule has 0 fully saturated rings. The number of para-hydroxylation sites is 1. The van der Waals surface area contributed by atoms with Gasteiger partial charge >= 0.3 is 0 Å². The van der Waals surface area contributed by atoms with Gasteiger partial charge in [-0.15, -0.1) is 0 Å². The van der Waals surface area contributed by atoms with Gasteiger partial charge < -0.3 is 9.47 Å². The van der Waals surface area contributed by atoms with Crippen LogP contribution in [0.2, 0.25) is 0 Å². The van der Waals surface area contributed by atoms with Crippen LogP contribution < -0.4 is 14.9 Å². The van der Waals surface area contributed by atoms with Crippen molar-refractivity contribution in [3.8, 4) is 11.5 Å². The minimum Gasteiger partial charge on any atom is -0.493 e. The molecule has 0 aliphatic heterocycles. The number of hydrazone groups is 1. The lowest BCUT2D eigenvalue weighted by Crippen LogP contribution is -2.19. The summed E-state index contributed by atoms with van der Waals surface area (Å²) in [5.74, 6) is 1.01. The maximum Gasteiger partial charge on any atom is 0.244 e. The summed E-state index contributed by atoms with van der Waals surface area (Å²) in [7, 11) is 3.13. The number of ether oxygens (including phenoxy) is 2. The van der Waals surface area contributed by atoms with Gasteiger partial charge in [0, 0.05) is 5.56 Å². The molecule has 1 amide bonds. The third kappa shape index (κ3) is 4.09. The van der Waals surface area contributed by atoms with Crippen LogP contribution in [0.5, 0.6) is 11.5 Å². The van der Waals surface area contributed by atoms with Crippen LogP contribution >= 0.6 is 0 Å². The third-order valence-electron chi connectivity index (χ3n) is 3.03. The Morgan fingerprint density at radius 1 is 1.09 bits per heavy atom. The van der Waals surface area contributed by atoms with Crippen molar-refractivity contribution in [1.82, 2.24) is 5.43 Å². The number of carbonyl (C=O) groups is 1. The third-order valence-corrected chi connectivity index (χ3v) is 3.03. The number of rotatable bonds is 6. The molecule has 0 bridgehead atoms. The Labute approximate surface area is 129 Å². The van der Waals surface area contributed by atoms with Gasteiger partial charge in [-0.25, -0.2) is 5.43 Å². The summed E-state index contributed by atoms with van der Waals surface area (Å²) in [6.07, 6.45) is 1.82. The molecule has 0 unspecified atom stereocenters. The number of nitrogens with one attached hydrogen (secondary N) is 1. The molecule has 0 atom stereocenters. The lowest BCUT2D eigenvalue weighted by molar-refractivity contribution is -0.120. The Morgan fingerprint density at radius 3 is 2.55 bits per heavy atom. The van der Waals surface area contributed by atoms with Crippen LogP contribution in [-0.4, -0.2) is 26.3 Å². The van der Waals surface area contributed by atoms with E-state index in [2.05, 4.69) is 10.5 Å². The molecule has 5 heteroatoms. The zero-order valence-electron chi connectivity index (χ0n) is 12.6. The maximum atomic E-state index is 11.8. The quantitative estimate of drug-likeness (QED) is 0.658. The highest BCUT2D eigenvalue weighted by atomic mass is 16.5. The van der Waals surface area contributed by atoms with E-state index >= 15 is 0 Å². The average Bonchev–Trinajstić information content (AvgIpc) is 2.55. The monoisotopic (exact) mass is 298 g/mol. The van der Waals surface area contributed by atoms with Crippen molar-refractivity contribution in [3.63, 3.8) is 0 Å². The molecule has 2 aromatic rings. The van der Waals surface area contributed by atoms with Gasteiger partial charge in [0.25, 0.3) is 0 Å². The van der Waals surface area contributed by atoms with Crippen LogP contribution in [0.3, 0.4) is 0 Å². The highest BCUT2D eigenvalue weighted by Gasteiger charge is 2.07. The van der Waals surface area contributed by atoms with Gasteiger partial charge in [-0.1, -0.05) is 36.4 Å². The summed E-state index contributed by atoms with van der Waals surface area (Å²) in [6.45, 7) is 0. The highest BCUT2D eigenvalue weighted by molar-refractivity contribution is 5.86. The second-order valence-electron chi connectivity index (χ2n) is 4.54. The zero-order chi connectivity index (χ0) is 15.8. The molecule has 5 nitrogen and oxygen atoms in total. The molecular formula is C17H18N2O3. The molecule has 2 aromatic carbocycles. The van der Waals surface area contributed by atoms with E-state index in [4.69, 9.17) is 9.47 Å². The number of benzene rings is 2. The number of hydrogen-bond donors (Lipinski definition) is 1. The topological polar surface area (TPSA) is 59.9 Å². The van der Waals surface area contributed by atoms with Crippen molar-refractivity contribution >= 4 is 12.1 Å². The van der Waals surface area contributed by atoms with E-state index in [-0.39, 0.29) is 12.3 Å². The second-order valence-corrected chi connectivity index (χ2v) is 4.54. The Hall–Kier alpha value is -2.82. The lowest BCUT2D eigenvalue weighted by atomic mass is 10.1. The molecule has 1 N–H and O–H groups in total. The van der Waals surface area contributed by atoms with E-state index in [1.165, 1.54) is 6.21 Å². The van der Waals surface area contributed by atoms with Crippen molar-refractivity contribution in [2.24, 2.45) is 5.10 Å². The van der Waals surface area contributed by atoms with E-state index in [9.17, 15) is 4.79 Å². The summed E-state index contributed by atoms with van der Waals surface area (Å²) in [4.78, 5) is 11.8. The maximum absolute atomic E-state index is 11.8.